The fraction of sp³-hybridized carbons (Fsp3) is 0.519. The zero-order valence-electron chi connectivity index (χ0n) is 18.0. The lowest BCUT2D eigenvalue weighted by molar-refractivity contribution is 0.103. The lowest BCUT2D eigenvalue weighted by atomic mass is 9.81. The Labute approximate surface area is 170 Å². The molecule has 2 fully saturated rings. The molecule has 2 saturated carbocycles. The van der Waals surface area contributed by atoms with Crippen LogP contribution in [-0.2, 0) is 0 Å². The molecule has 1 nitrogen and oxygen atoms in total. The first kappa shape index (κ1) is 19.4. The van der Waals surface area contributed by atoms with E-state index in [4.69, 9.17) is 0 Å². The highest BCUT2D eigenvalue weighted by Gasteiger charge is 2.29. The molecule has 0 aromatic heterocycles. The molecule has 4 rings (SSSR count). The van der Waals surface area contributed by atoms with Gasteiger partial charge < -0.3 is 0 Å². The topological polar surface area (TPSA) is 17.1 Å². The molecule has 0 saturated heterocycles. The van der Waals surface area contributed by atoms with Gasteiger partial charge in [-0.3, -0.25) is 4.79 Å². The van der Waals surface area contributed by atoms with E-state index in [1.165, 1.54) is 84.7 Å². The molecular formula is C27H34O. The third-order valence-electron chi connectivity index (χ3n) is 7.08. The molecule has 0 spiro atoms. The number of ketones is 1. The largest absolute Gasteiger partial charge is 0.289 e. The number of benzene rings is 2. The fourth-order valence-electron chi connectivity index (χ4n) is 5.99. The normalized spacial score (nSPS) is 18.1. The Morgan fingerprint density at radius 3 is 1.36 bits per heavy atom. The van der Waals surface area contributed by atoms with Crippen LogP contribution < -0.4 is 0 Å². The molecule has 0 radical (unpaired) electrons. The van der Waals surface area contributed by atoms with Crippen LogP contribution in [0.5, 0.6) is 0 Å². The smallest absolute Gasteiger partial charge is 0.193 e. The number of carbonyl (C=O) groups is 1. The van der Waals surface area contributed by atoms with Gasteiger partial charge in [-0.05, 0) is 99.6 Å². The Kier molecular flexibility index (Phi) is 5.45. The predicted molar refractivity (Wildman–Crippen MR) is 118 cm³/mol. The van der Waals surface area contributed by atoms with E-state index < -0.39 is 0 Å². The summed E-state index contributed by atoms with van der Waals surface area (Å²) < 4.78 is 0. The van der Waals surface area contributed by atoms with Crippen molar-refractivity contribution in [3.63, 3.8) is 0 Å². The Balaban J connectivity index is 1.87. The summed E-state index contributed by atoms with van der Waals surface area (Å²) in [6.07, 6.45) is 10.1. The van der Waals surface area contributed by atoms with E-state index >= 15 is 0 Å². The first-order valence-corrected chi connectivity index (χ1v) is 11.2. The van der Waals surface area contributed by atoms with Gasteiger partial charge in [-0.1, -0.05) is 48.9 Å². The molecule has 0 N–H and O–H groups in total. The number of carbonyl (C=O) groups excluding carboxylic acids is 1. The maximum Gasteiger partial charge on any atom is 0.193 e. The van der Waals surface area contributed by atoms with Gasteiger partial charge in [0.25, 0.3) is 0 Å². The van der Waals surface area contributed by atoms with E-state index in [1.54, 1.807) is 0 Å². The van der Waals surface area contributed by atoms with Crippen LogP contribution in [0.15, 0.2) is 24.3 Å². The van der Waals surface area contributed by atoms with Crippen LogP contribution in [0.1, 0.15) is 113 Å². The van der Waals surface area contributed by atoms with Gasteiger partial charge in [-0.2, -0.15) is 0 Å². The minimum atomic E-state index is 0.266. The number of aryl methyl sites for hydroxylation is 4. The van der Waals surface area contributed by atoms with Crippen LogP contribution in [0.3, 0.4) is 0 Å². The summed E-state index contributed by atoms with van der Waals surface area (Å²) in [5, 5.41) is 0. The molecule has 0 unspecified atom stereocenters. The second-order valence-corrected chi connectivity index (χ2v) is 9.38. The van der Waals surface area contributed by atoms with E-state index in [1.807, 2.05) is 0 Å². The summed E-state index contributed by atoms with van der Waals surface area (Å²) in [5.74, 6) is 1.38. The third-order valence-corrected chi connectivity index (χ3v) is 7.08. The zero-order valence-corrected chi connectivity index (χ0v) is 18.0. The maximum atomic E-state index is 14.0. The molecule has 1 heteroatoms. The second kappa shape index (κ2) is 7.85. The minimum Gasteiger partial charge on any atom is -0.289 e. The van der Waals surface area contributed by atoms with Crippen molar-refractivity contribution in [2.75, 3.05) is 0 Å². The quantitative estimate of drug-likeness (QED) is 0.507. The molecule has 2 aromatic rings. The first-order valence-electron chi connectivity index (χ1n) is 11.2. The van der Waals surface area contributed by atoms with Gasteiger partial charge in [-0.25, -0.2) is 0 Å². The molecule has 2 aliphatic carbocycles. The molecule has 0 atom stereocenters. The van der Waals surface area contributed by atoms with Crippen molar-refractivity contribution >= 4 is 5.78 Å². The molecule has 0 aliphatic heterocycles. The van der Waals surface area contributed by atoms with Gasteiger partial charge in [0, 0.05) is 11.1 Å². The Morgan fingerprint density at radius 1 is 0.643 bits per heavy atom. The van der Waals surface area contributed by atoms with Crippen molar-refractivity contribution in [1.82, 2.24) is 0 Å². The van der Waals surface area contributed by atoms with Gasteiger partial charge in [0.1, 0.15) is 0 Å². The summed E-state index contributed by atoms with van der Waals surface area (Å²) in [6, 6.07) is 8.87. The maximum absolute atomic E-state index is 14.0. The van der Waals surface area contributed by atoms with Crippen molar-refractivity contribution in [3.8, 4) is 0 Å². The van der Waals surface area contributed by atoms with Crippen molar-refractivity contribution in [3.05, 3.63) is 68.8 Å². The van der Waals surface area contributed by atoms with E-state index in [0.29, 0.717) is 11.8 Å². The third kappa shape index (κ3) is 3.56. The first-order chi connectivity index (χ1) is 13.5. The summed E-state index contributed by atoms with van der Waals surface area (Å²) >= 11 is 0. The number of rotatable bonds is 4. The number of hydrogen-bond acceptors (Lipinski definition) is 1. The van der Waals surface area contributed by atoms with E-state index in [-0.39, 0.29) is 5.78 Å². The van der Waals surface area contributed by atoms with Crippen LogP contribution in [0.25, 0.3) is 0 Å². The van der Waals surface area contributed by atoms with Gasteiger partial charge in [0.15, 0.2) is 5.78 Å². The Morgan fingerprint density at radius 2 is 1.00 bits per heavy atom. The van der Waals surface area contributed by atoms with Crippen molar-refractivity contribution < 1.29 is 4.79 Å². The molecule has 2 aliphatic rings. The van der Waals surface area contributed by atoms with Gasteiger partial charge in [0.05, 0.1) is 0 Å². The lowest BCUT2D eigenvalue weighted by Gasteiger charge is -2.22. The predicted octanol–water partition coefficient (Wildman–Crippen LogP) is 7.47. The summed E-state index contributed by atoms with van der Waals surface area (Å²) in [4.78, 5) is 14.0. The highest BCUT2D eigenvalue weighted by atomic mass is 16.1. The average molecular weight is 375 g/mol. The van der Waals surface area contributed by atoms with Crippen LogP contribution in [-0.4, -0.2) is 5.78 Å². The molecule has 148 valence electrons. The van der Waals surface area contributed by atoms with Gasteiger partial charge in [0.2, 0.25) is 0 Å². The molecular weight excluding hydrogens is 340 g/mol. The van der Waals surface area contributed by atoms with Crippen molar-refractivity contribution in [2.45, 2.75) is 90.9 Å². The molecule has 28 heavy (non-hydrogen) atoms. The second-order valence-electron chi connectivity index (χ2n) is 9.38. The van der Waals surface area contributed by atoms with E-state index in [2.05, 4.69) is 52.0 Å². The van der Waals surface area contributed by atoms with Crippen molar-refractivity contribution in [1.29, 1.82) is 0 Å². The minimum absolute atomic E-state index is 0.266. The molecule has 0 bridgehead atoms. The zero-order chi connectivity index (χ0) is 19.8. The standard InChI is InChI=1S/C27H34O/c1-17-13-19(3)25(21-9-5-6-10-21)23(15-17)27(28)24-16-18(2)14-20(4)26(24)22-11-7-8-12-22/h13-16,21-22H,5-12H2,1-4H3. The van der Waals surface area contributed by atoms with Crippen LogP contribution >= 0.6 is 0 Å². The van der Waals surface area contributed by atoms with Crippen LogP contribution in [0.2, 0.25) is 0 Å². The van der Waals surface area contributed by atoms with E-state index in [0.717, 1.165) is 11.1 Å². The van der Waals surface area contributed by atoms with Gasteiger partial charge in [-0.15, -0.1) is 0 Å². The molecule has 0 heterocycles. The summed E-state index contributed by atoms with van der Waals surface area (Å²) in [7, 11) is 0. The highest BCUT2D eigenvalue weighted by molar-refractivity contribution is 6.11. The van der Waals surface area contributed by atoms with Crippen LogP contribution in [0, 0.1) is 27.7 Å². The average Bonchev–Trinajstić information content (AvgIpc) is 3.33. The molecule has 0 amide bonds. The summed E-state index contributed by atoms with van der Waals surface area (Å²) in [6.45, 7) is 8.66. The van der Waals surface area contributed by atoms with Crippen molar-refractivity contribution in [2.24, 2.45) is 0 Å². The monoisotopic (exact) mass is 374 g/mol. The SMILES string of the molecule is Cc1cc(C)c(C2CCCC2)c(C(=O)c2cc(C)cc(C)c2C2CCCC2)c1. The fourth-order valence-corrected chi connectivity index (χ4v) is 5.99. The highest BCUT2D eigenvalue weighted by Crippen LogP contribution is 2.41. The summed E-state index contributed by atoms with van der Waals surface area (Å²) in [5.41, 5.74) is 9.66. The lowest BCUT2D eigenvalue weighted by Crippen LogP contribution is -2.14. The van der Waals surface area contributed by atoms with Gasteiger partial charge >= 0.3 is 0 Å². The van der Waals surface area contributed by atoms with Crippen LogP contribution in [0.4, 0.5) is 0 Å². The Hall–Kier alpha value is -1.89. The Bertz CT molecular complexity index is 819. The van der Waals surface area contributed by atoms with E-state index in [9.17, 15) is 4.79 Å². The molecule has 2 aromatic carbocycles. The number of hydrogen-bond donors (Lipinski definition) is 0.